The first-order valence-corrected chi connectivity index (χ1v) is 12.5. The van der Waals surface area contributed by atoms with Crippen LogP contribution in [0.25, 0.3) is 0 Å². The molecule has 0 saturated heterocycles. The molecule has 3 rings (SSSR count). The van der Waals surface area contributed by atoms with Gasteiger partial charge in [-0.15, -0.1) is 0 Å². The molecule has 1 aliphatic rings. The Morgan fingerprint density at radius 3 is 2.46 bits per heavy atom. The molecule has 1 heterocycles. The molecule has 2 aromatic rings. The molecule has 0 unspecified atom stereocenters. The summed E-state index contributed by atoms with van der Waals surface area (Å²) in [5.41, 5.74) is 11.7. The Morgan fingerprint density at radius 1 is 1.20 bits per heavy atom. The number of nitrogens with two attached hydrogens (primary N) is 2. The van der Waals surface area contributed by atoms with Crippen molar-refractivity contribution in [2.24, 2.45) is 5.73 Å². The first-order valence-electron chi connectivity index (χ1n) is 11.7. The van der Waals surface area contributed by atoms with Crippen molar-refractivity contribution in [1.29, 1.82) is 0 Å². The number of aromatic nitrogens is 1. The molecule has 190 valence electrons. The Hall–Kier alpha value is -3.18. The molecule has 5 N–H and O–H groups in total. The Labute approximate surface area is 209 Å². The molecule has 1 saturated carbocycles. The summed E-state index contributed by atoms with van der Waals surface area (Å²) in [6.07, 6.45) is 5.06. The quantitative estimate of drug-likeness (QED) is 0.426. The van der Waals surface area contributed by atoms with Crippen LogP contribution in [0.3, 0.4) is 0 Å². The van der Waals surface area contributed by atoms with Crippen LogP contribution in [0.4, 0.5) is 5.69 Å². The van der Waals surface area contributed by atoms with Crippen LogP contribution in [0, 0.1) is 0 Å². The van der Waals surface area contributed by atoms with Crippen LogP contribution in [-0.2, 0) is 9.53 Å². The van der Waals surface area contributed by atoms with Gasteiger partial charge >= 0.3 is 0 Å². The van der Waals surface area contributed by atoms with E-state index in [9.17, 15) is 14.4 Å². The number of primary amides is 1. The number of rotatable bonds is 11. The first kappa shape index (κ1) is 26.4. The van der Waals surface area contributed by atoms with Gasteiger partial charge in [-0.25, -0.2) is 0 Å². The van der Waals surface area contributed by atoms with Gasteiger partial charge in [0.1, 0.15) is 16.7 Å². The van der Waals surface area contributed by atoms with Gasteiger partial charge in [0.25, 0.3) is 11.8 Å². The topological polar surface area (TPSA) is 150 Å². The van der Waals surface area contributed by atoms with Gasteiger partial charge in [0.05, 0.1) is 18.9 Å². The van der Waals surface area contributed by atoms with Gasteiger partial charge in [-0.2, -0.15) is 4.37 Å². The standard InChI is InChI=1S/C24H33N5O5S/c1-3-34-17-11-9-15(10-12-17)20(23(31)27-16-7-5-4-6-8-16)29(13-14-33-2)24(32)21-18(25)19(22(26)30)28-35-21/h9-12,16,20H,3-8,13-14,25H2,1-2H3,(H2,26,30)(H,27,31)/t20-/m1/s1. The minimum absolute atomic E-state index is 0.0516. The lowest BCUT2D eigenvalue weighted by atomic mass is 9.94. The molecular formula is C24H33N5O5S. The van der Waals surface area contributed by atoms with E-state index in [1.54, 1.807) is 24.3 Å². The predicted molar refractivity (Wildman–Crippen MR) is 133 cm³/mol. The first-order chi connectivity index (χ1) is 16.9. The van der Waals surface area contributed by atoms with E-state index < -0.39 is 17.9 Å². The van der Waals surface area contributed by atoms with E-state index in [2.05, 4.69) is 9.69 Å². The summed E-state index contributed by atoms with van der Waals surface area (Å²) in [7, 11) is 1.52. The summed E-state index contributed by atoms with van der Waals surface area (Å²) in [5.74, 6) is -0.972. The number of nitrogens with zero attached hydrogens (tertiary/aromatic N) is 2. The van der Waals surface area contributed by atoms with Gasteiger partial charge in [0.15, 0.2) is 5.69 Å². The molecule has 1 aromatic carbocycles. The van der Waals surface area contributed by atoms with Crippen molar-refractivity contribution in [2.75, 3.05) is 32.6 Å². The van der Waals surface area contributed by atoms with Gasteiger partial charge < -0.3 is 31.2 Å². The van der Waals surface area contributed by atoms with E-state index in [1.807, 2.05) is 6.92 Å². The number of ether oxygens (including phenoxy) is 2. The third-order valence-electron chi connectivity index (χ3n) is 5.97. The average molecular weight is 504 g/mol. The fourth-order valence-electron chi connectivity index (χ4n) is 4.21. The van der Waals surface area contributed by atoms with Crippen LogP contribution in [0.5, 0.6) is 5.75 Å². The van der Waals surface area contributed by atoms with Crippen molar-refractivity contribution >= 4 is 34.9 Å². The SMILES string of the molecule is CCOc1ccc([C@H](C(=O)NC2CCCCC2)N(CCOC)C(=O)c2snc(C(N)=O)c2N)cc1. The lowest BCUT2D eigenvalue weighted by Gasteiger charge is -2.33. The van der Waals surface area contributed by atoms with Gasteiger partial charge in [-0.1, -0.05) is 31.4 Å². The van der Waals surface area contributed by atoms with Crippen LogP contribution in [-0.4, -0.2) is 59.9 Å². The van der Waals surface area contributed by atoms with Crippen LogP contribution >= 0.6 is 11.5 Å². The maximum Gasteiger partial charge on any atom is 0.270 e. The smallest absolute Gasteiger partial charge is 0.270 e. The summed E-state index contributed by atoms with van der Waals surface area (Å²) < 4.78 is 14.7. The van der Waals surface area contributed by atoms with Crippen LogP contribution in [0.1, 0.15) is 70.8 Å². The summed E-state index contributed by atoms with van der Waals surface area (Å²) in [6, 6.07) is 6.18. The highest BCUT2D eigenvalue weighted by Gasteiger charge is 2.35. The van der Waals surface area contributed by atoms with Crippen LogP contribution in [0.2, 0.25) is 0 Å². The zero-order valence-corrected chi connectivity index (χ0v) is 20.9. The number of nitrogen functional groups attached to an aromatic ring is 1. The van der Waals surface area contributed by atoms with Crippen molar-refractivity contribution in [2.45, 2.75) is 51.1 Å². The highest BCUT2D eigenvalue weighted by molar-refractivity contribution is 7.09. The van der Waals surface area contributed by atoms with Crippen molar-refractivity contribution in [1.82, 2.24) is 14.6 Å². The molecule has 1 aromatic heterocycles. The maximum absolute atomic E-state index is 13.7. The Morgan fingerprint density at radius 2 is 1.89 bits per heavy atom. The number of hydrogen-bond acceptors (Lipinski definition) is 8. The van der Waals surface area contributed by atoms with E-state index in [0.29, 0.717) is 17.9 Å². The summed E-state index contributed by atoms with van der Waals surface area (Å²) in [4.78, 5) is 40.5. The molecule has 0 spiro atoms. The normalized spacial score (nSPS) is 14.8. The Bertz CT molecular complexity index is 1020. The van der Waals surface area contributed by atoms with Gasteiger partial charge in [-0.05, 0) is 49.0 Å². The van der Waals surface area contributed by atoms with E-state index >= 15 is 0 Å². The minimum atomic E-state index is -0.950. The number of carbonyl (C=O) groups excluding carboxylic acids is 3. The number of methoxy groups -OCH3 is 1. The zero-order valence-electron chi connectivity index (χ0n) is 20.1. The van der Waals surface area contributed by atoms with Gasteiger partial charge in [0.2, 0.25) is 5.91 Å². The second-order valence-electron chi connectivity index (χ2n) is 8.38. The molecule has 11 heteroatoms. The minimum Gasteiger partial charge on any atom is -0.494 e. The molecule has 10 nitrogen and oxygen atoms in total. The van der Waals surface area contributed by atoms with E-state index in [-0.39, 0.29) is 41.4 Å². The van der Waals surface area contributed by atoms with Crippen molar-refractivity contribution in [3.05, 3.63) is 40.4 Å². The average Bonchev–Trinajstić information content (AvgIpc) is 3.24. The third kappa shape index (κ3) is 6.49. The molecule has 0 bridgehead atoms. The molecule has 35 heavy (non-hydrogen) atoms. The number of carbonyl (C=O) groups is 3. The van der Waals surface area contributed by atoms with E-state index in [1.165, 1.54) is 12.0 Å². The van der Waals surface area contributed by atoms with Crippen molar-refractivity contribution in [3.63, 3.8) is 0 Å². The predicted octanol–water partition coefficient (Wildman–Crippen LogP) is 2.50. The van der Waals surface area contributed by atoms with E-state index in [0.717, 1.165) is 43.6 Å². The monoisotopic (exact) mass is 503 g/mol. The summed E-state index contributed by atoms with van der Waals surface area (Å²) >= 11 is 0.784. The lowest BCUT2D eigenvalue weighted by molar-refractivity contribution is -0.127. The molecule has 0 aliphatic heterocycles. The second-order valence-corrected chi connectivity index (χ2v) is 9.15. The summed E-state index contributed by atoms with van der Waals surface area (Å²) in [5, 5.41) is 3.14. The molecule has 1 fully saturated rings. The molecular weight excluding hydrogens is 470 g/mol. The number of anilines is 1. The highest BCUT2D eigenvalue weighted by atomic mass is 32.1. The van der Waals surface area contributed by atoms with Gasteiger partial charge in [-0.3, -0.25) is 14.4 Å². The fourth-order valence-corrected chi connectivity index (χ4v) is 4.97. The van der Waals surface area contributed by atoms with Crippen molar-refractivity contribution < 1.29 is 23.9 Å². The van der Waals surface area contributed by atoms with E-state index in [4.69, 9.17) is 20.9 Å². The lowest BCUT2D eigenvalue weighted by Crippen LogP contribution is -2.48. The number of nitrogens with one attached hydrogen (secondary N) is 1. The Balaban J connectivity index is 2.00. The zero-order chi connectivity index (χ0) is 25.4. The second kappa shape index (κ2) is 12.5. The highest BCUT2D eigenvalue weighted by Crippen LogP contribution is 2.30. The summed E-state index contributed by atoms with van der Waals surface area (Å²) in [6.45, 7) is 2.71. The van der Waals surface area contributed by atoms with Crippen LogP contribution < -0.4 is 21.5 Å². The maximum atomic E-state index is 13.7. The molecule has 3 amide bonds. The molecule has 1 aliphatic carbocycles. The number of hydrogen-bond donors (Lipinski definition) is 3. The Kier molecular flexibility index (Phi) is 9.44. The third-order valence-corrected chi connectivity index (χ3v) is 6.82. The van der Waals surface area contributed by atoms with Gasteiger partial charge in [0, 0.05) is 19.7 Å². The molecule has 0 radical (unpaired) electrons. The molecule has 1 atom stereocenters. The fraction of sp³-hybridized carbons (Fsp3) is 0.500. The largest absolute Gasteiger partial charge is 0.494 e. The number of amides is 3. The number of benzene rings is 1. The van der Waals surface area contributed by atoms with Crippen LogP contribution in [0.15, 0.2) is 24.3 Å². The van der Waals surface area contributed by atoms with Crippen molar-refractivity contribution in [3.8, 4) is 5.75 Å².